The summed E-state index contributed by atoms with van der Waals surface area (Å²) in [5.74, 6) is -1.60. The topological polar surface area (TPSA) is 96.9 Å². The van der Waals surface area contributed by atoms with Crippen LogP contribution in [0.2, 0.25) is 0 Å². The molecule has 0 radical (unpaired) electrons. The van der Waals surface area contributed by atoms with Gasteiger partial charge < -0.3 is 10.1 Å². The third-order valence-electron chi connectivity index (χ3n) is 4.09. The van der Waals surface area contributed by atoms with Gasteiger partial charge in [-0.25, -0.2) is 14.6 Å². The summed E-state index contributed by atoms with van der Waals surface area (Å²) in [6.07, 6.45) is 1.40. The van der Waals surface area contributed by atoms with Crippen LogP contribution in [0.15, 0.2) is 82.4 Å². The zero-order valence-electron chi connectivity index (χ0n) is 16.5. The minimum Gasteiger partial charge on any atom is -0.423 e. The number of esters is 1. The first-order chi connectivity index (χ1) is 15.4. The van der Waals surface area contributed by atoms with Gasteiger partial charge in [0.25, 0.3) is 11.8 Å². The molecule has 0 heterocycles. The second-order valence-electron chi connectivity index (χ2n) is 6.45. The molecule has 0 spiro atoms. The number of nitrogens with one attached hydrogen (secondary N) is 2. The van der Waals surface area contributed by atoms with Crippen LogP contribution in [0.1, 0.15) is 26.3 Å². The fraction of sp³-hybridized carbons (Fsp3) is 0.0435. The Labute approximate surface area is 191 Å². The first-order valence-electron chi connectivity index (χ1n) is 9.34. The normalized spacial score (nSPS) is 10.6. The number of carbonyl (C=O) groups excluding carboxylic acids is 3. The number of amides is 2. The molecule has 0 aliphatic carbocycles. The standard InChI is InChI=1S/C23H17BrFN3O4/c24-18-7-3-17(4-8-18)23(31)32-20-11-1-15(2-12-20)13-27-28-21(29)14-26-22(30)16-5-9-19(25)10-6-16/h1-13H,14H2,(H,26,30)(H,28,29)/b27-13+. The van der Waals surface area contributed by atoms with E-state index in [1.807, 2.05) is 0 Å². The highest BCUT2D eigenvalue weighted by Gasteiger charge is 2.09. The predicted molar refractivity (Wildman–Crippen MR) is 120 cm³/mol. The number of halogens is 2. The van der Waals surface area contributed by atoms with E-state index < -0.39 is 23.6 Å². The molecule has 0 saturated heterocycles. The van der Waals surface area contributed by atoms with Crippen molar-refractivity contribution < 1.29 is 23.5 Å². The van der Waals surface area contributed by atoms with Gasteiger partial charge in [-0.05, 0) is 78.4 Å². The van der Waals surface area contributed by atoms with Crippen LogP contribution in [-0.4, -0.2) is 30.5 Å². The van der Waals surface area contributed by atoms with Crippen LogP contribution >= 0.6 is 15.9 Å². The van der Waals surface area contributed by atoms with E-state index in [0.717, 1.165) is 16.6 Å². The first-order valence-corrected chi connectivity index (χ1v) is 10.1. The SMILES string of the molecule is O=C(CNC(=O)c1ccc(F)cc1)N/N=C/c1ccc(OC(=O)c2ccc(Br)cc2)cc1. The van der Waals surface area contributed by atoms with E-state index in [1.165, 1.54) is 18.3 Å². The van der Waals surface area contributed by atoms with Gasteiger partial charge in [0.05, 0.1) is 18.3 Å². The zero-order valence-corrected chi connectivity index (χ0v) is 18.1. The van der Waals surface area contributed by atoms with Crippen molar-refractivity contribution >= 4 is 39.9 Å². The van der Waals surface area contributed by atoms with Crippen molar-refractivity contribution in [2.75, 3.05) is 6.54 Å². The fourth-order valence-electron chi connectivity index (χ4n) is 2.46. The lowest BCUT2D eigenvalue weighted by Crippen LogP contribution is -2.34. The number of carbonyl (C=O) groups is 3. The number of nitrogens with zero attached hydrogens (tertiary/aromatic N) is 1. The highest BCUT2D eigenvalue weighted by atomic mass is 79.9. The van der Waals surface area contributed by atoms with Gasteiger partial charge in [0, 0.05) is 10.0 Å². The highest BCUT2D eigenvalue weighted by molar-refractivity contribution is 9.10. The molecule has 0 atom stereocenters. The number of benzene rings is 3. The smallest absolute Gasteiger partial charge is 0.343 e. The summed E-state index contributed by atoms with van der Waals surface area (Å²) in [6, 6.07) is 18.3. The maximum absolute atomic E-state index is 12.9. The molecule has 0 unspecified atom stereocenters. The molecule has 0 bridgehead atoms. The molecular formula is C23H17BrFN3O4. The zero-order chi connectivity index (χ0) is 22.9. The van der Waals surface area contributed by atoms with Crippen molar-refractivity contribution in [3.05, 3.63) is 99.8 Å². The largest absolute Gasteiger partial charge is 0.423 e. The molecule has 0 fully saturated rings. The molecule has 32 heavy (non-hydrogen) atoms. The Balaban J connectivity index is 1.44. The Morgan fingerprint density at radius 3 is 2.19 bits per heavy atom. The predicted octanol–water partition coefficient (Wildman–Crippen LogP) is 3.69. The Bertz CT molecular complexity index is 1130. The summed E-state index contributed by atoms with van der Waals surface area (Å²) in [4.78, 5) is 35.8. The van der Waals surface area contributed by atoms with Gasteiger partial charge in [-0.3, -0.25) is 9.59 Å². The minimum atomic E-state index is -0.531. The van der Waals surface area contributed by atoms with Crippen molar-refractivity contribution in [3.63, 3.8) is 0 Å². The molecule has 0 aliphatic rings. The van der Waals surface area contributed by atoms with Crippen LogP contribution in [0.5, 0.6) is 5.75 Å². The number of hydrazone groups is 1. The Hall–Kier alpha value is -3.85. The van der Waals surface area contributed by atoms with E-state index in [1.54, 1.807) is 48.5 Å². The molecule has 7 nitrogen and oxygen atoms in total. The van der Waals surface area contributed by atoms with E-state index in [9.17, 15) is 18.8 Å². The van der Waals surface area contributed by atoms with Gasteiger partial charge in [0.2, 0.25) is 0 Å². The Morgan fingerprint density at radius 2 is 1.53 bits per heavy atom. The summed E-state index contributed by atoms with van der Waals surface area (Å²) >= 11 is 3.31. The van der Waals surface area contributed by atoms with E-state index in [0.29, 0.717) is 16.9 Å². The number of hydrogen-bond donors (Lipinski definition) is 2. The maximum Gasteiger partial charge on any atom is 0.343 e. The molecule has 0 saturated carbocycles. The van der Waals surface area contributed by atoms with E-state index in [4.69, 9.17) is 4.74 Å². The van der Waals surface area contributed by atoms with Gasteiger partial charge in [-0.1, -0.05) is 15.9 Å². The van der Waals surface area contributed by atoms with Crippen LogP contribution in [0.25, 0.3) is 0 Å². The first kappa shape index (κ1) is 22.8. The average molecular weight is 498 g/mol. The second-order valence-corrected chi connectivity index (χ2v) is 7.36. The molecule has 0 aliphatic heterocycles. The van der Waals surface area contributed by atoms with Crippen LogP contribution in [0, 0.1) is 5.82 Å². The van der Waals surface area contributed by atoms with Crippen molar-refractivity contribution in [1.29, 1.82) is 0 Å². The summed E-state index contributed by atoms with van der Waals surface area (Å²) < 4.78 is 19.0. The van der Waals surface area contributed by atoms with E-state index >= 15 is 0 Å². The molecule has 2 N–H and O–H groups in total. The number of rotatable bonds is 7. The third kappa shape index (κ3) is 6.85. The molecular weight excluding hydrogens is 481 g/mol. The van der Waals surface area contributed by atoms with Gasteiger partial charge >= 0.3 is 5.97 Å². The summed E-state index contributed by atoms with van der Waals surface area (Å²) in [7, 11) is 0. The lowest BCUT2D eigenvalue weighted by molar-refractivity contribution is -0.120. The maximum atomic E-state index is 12.9. The number of ether oxygens (including phenoxy) is 1. The lowest BCUT2D eigenvalue weighted by Gasteiger charge is -2.05. The number of hydrogen-bond acceptors (Lipinski definition) is 5. The van der Waals surface area contributed by atoms with Crippen molar-refractivity contribution in [2.24, 2.45) is 5.10 Å². The monoisotopic (exact) mass is 497 g/mol. The molecule has 3 aromatic rings. The molecule has 3 aromatic carbocycles. The summed E-state index contributed by atoms with van der Waals surface area (Å²) in [5, 5.41) is 6.22. The van der Waals surface area contributed by atoms with Gasteiger partial charge in [0.15, 0.2) is 0 Å². The summed E-state index contributed by atoms with van der Waals surface area (Å²) in [5.41, 5.74) is 3.61. The molecule has 162 valence electrons. The van der Waals surface area contributed by atoms with E-state index in [-0.39, 0.29) is 12.1 Å². The minimum absolute atomic E-state index is 0.239. The lowest BCUT2D eigenvalue weighted by atomic mass is 10.2. The average Bonchev–Trinajstić information content (AvgIpc) is 2.79. The van der Waals surface area contributed by atoms with Crippen molar-refractivity contribution in [1.82, 2.24) is 10.7 Å². The molecule has 0 aromatic heterocycles. The van der Waals surface area contributed by atoms with Crippen LogP contribution in [-0.2, 0) is 4.79 Å². The Morgan fingerprint density at radius 1 is 0.906 bits per heavy atom. The third-order valence-corrected chi connectivity index (χ3v) is 4.62. The molecule has 3 rings (SSSR count). The van der Waals surface area contributed by atoms with Crippen LogP contribution in [0.3, 0.4) is 0 Å². The van der Waals surface area contributed by atoms with Crippen molar-refractivity contribution in [3.8, 4) is 5.75 Å². The van der Waals surface area contributed by atoms with Crippen LogP contribution < -0.4 is 15.5 Å². The van der Waals surface area contributed by atoms with E-state index in [2.05, 4.69) is 31.8 Å². The highest BCUT2D eigenvalue weighted by Crippen LogP contribution is 2.15. The quantitative estimate of drug-likeness (QED) is 0.225. The van der Waals surface area contributed by atoms with Gasteiger partial charge in [-0.2, -0.15) is 5.10 Å². The molecule has 9 heteroatoms. The van der Waals surface area contributed by atoms with Crippen LogP contribution in [0.4, 0.5) is 4.39 Å². The summed E-state index contributed by atoms with van der Waals surface area (Å²) in [6.45, 7) is -0.293. The Kier molecular flexibility index (Phi) is 7.82. The second kappa shape index (κ2) is 11.0. The van der Waals surface area contributed by atoms with Gasteiger partial charge in [-0.15, -0.1) is 0 Å². The van der Waals surface area contributed by atoms with Crippen molar-refractivity contribution in [2.45, 2.75) is 0 Å². The van der Waals surface area contributed by atoms with Gasteiger partial charge in [0.1, 0.15) is 11.6 Å². The molecule has 2 amide bonds. The fourth-order valence-corrected chi connectivity index (χ4v) is 2.72.